The van der Waals surface area contributed by atoms with Crippen LogP contribution in [-0.2, 0) is 11.3 Å². The van der Waals surface area contributed by atoms with E-state index < -0.39 is 5.97 Å². The van der Waals surface area contributed by atoms with Gasteiger partial charge in [0, 0.05) is 6.54 Å². The Morgan fingerprint density at radius 2 is 1.95 bits per heavy atom. The zero-order valence-electron chi connectivity index (χ0n) is 12.2. The molecule has 0 radical (unpaired) electrons. The van der Waals surface area contributed by atoms with Gasteiger partial charge in [-0.25, -0.2) is 4.68 Å². The lowest BCUT2D eigenvalue weighted by Crippen LogP contribution is -2.27. The van der Waals surface area contributed by atoms with Crippen LogP contribution in [0, 0.1) is 16.7 Å². The summed E-state index contributed by atoms with van der Waals surface area (Å²) in [6.45, 7) is 9.04. The quantitative estimate of drug-likeness (QED) is 0.830. The average Bonchev–Trinajstić information content (AvgIpc) is 2.69. The van der Waals surface area contributed by atoms with Crippen LogP contribution in [-0.4, -0.2) is 38.5 Å². The van der Waals surface area contributed by atoms with E-state index in [1.807, 2.05) is 0 Å². The van der Waals surface area contributed by atoms with E-state index in [-0.39, 0.29) is 29.0 Å². The molecule has 7 heteroatoms. The van der Waals surface area contributed by atoms with Crippen LogP contribution in [0.2, 0.25) is 0 Å². The van der Waals surface area contributed by atoms with Crippen molar-refractivity contribution in [3.05, 3.63) is 11.9 Å². The van der Waals surface area contributed by atoms with Crippen LogP contribution in [0.1, 0.15) is 38.2 Å². The number of aromatic nitrogens is 3. The van der Waals surface area contributed by atoms with Gasteiger partial charge < -0.3 is 10.4 Å². The molecule has 1 aliphatic rings. The number of carboxylic acid groups (broad SMARTS) is 1. The Labute approximate surface area is 117 Å². The van der Waals surface area contributed by atoms with Crippen LogP contribution in [0.4, 0.5) is 0 Å². The van der Waals surface area contributed by atoms with Crippen LogP contribution in [0.25, 0.3) is 0 Å². The average molecular weight is 280 g/mol. The van der Waals surface area contributed by atoms with Crippen molar-refractivity contribution in [2.75, 3.05) is 6.54 Å². The fraction of sp³-hybridized carbons (Fsp3) is 0.692. The zero-order chi connectivity index (χ0) is 15.1. The normalized spacial score (nSPS) is 19.6. The number of nitrogens with one attached hydrogen (secondary N) is 1. The van der Waals surface area contributed by atoms with Gasteiger partial charge in [-0.3, -0.25) is 9.59 Å². The molecule has 1 heterocycles. The van der Waals surface area contributed by atoms with Crippen LogP contribution in [0.5, 0.6) is 0 Å². The minimum absolute atomic E-state index is 0.141. The third-order valence-electron chi connectivity index (χ3n) is 4.85. The van der Waals surface area contributed by atoms with E-state index in [4.69, 9.17) is 5.11 Å². The molecule has 0 atom stereocenters. The topological polar surface area (TPSA) is 97.1 Å². The molecule has 0 bridgehead atoms. The molecule has 2 rings (SSSR count). The minimum Gasteiger partial charge on any atom is -0.480 e. The second-order valence-electron chi connectivity index (χ2n) is 6.40. The number of hydrogen-bond acceptors (Lipinski definition) is 4. The smallest absolute Gasteiger partial charge is 0.325 e. The van der Waals surface area contributed by atoms with E-state index >= 15 is 0 Å². The molecule has 1 aromatic rings. The third kappa shape index (κ3) is 2.39. The van der Waals surface area contributed by atoms with Crippen molar-refractivity contribution in [1.82, 2.24) is 20.3 Å². The molecule has 1 aliphatic carbocycles. The summed E-state index contributed by atoms with van der Waals surface area (Å²) in [5.74, 6) is -0.920. The Morgan fingerprint density at radius 1 is 1.35 bits per heavy atom. The van der Waals surface area contributed by atoms with Gasteiger partial charge in [0.05, 0.1) is 6.20 Å². The lowest BCUT2D eigenvalue weighted by atomic mass is 10.0. The Balaban J connectivity index is 1.90. The van der Waals surface area contributed by atoms with E-state index in [2.05, 4.69) is 43.3 Å². The van der Waals surface area contributed by atoms with Crippen LogP contribution >= 0.6 is 0 Å². The number of carbonyl (C=O) groups is 2. The molecule has 1 aromatic heterocycles. The maximum atomic E-state index is 11.9. The Morgan fingerprint density at radius 3 is 2.45 bits per heavy atom. The van der Waals surface area contributed by atoms with Crippen molar-refractivity contribution in [2.45, 2.75) is 34.2 Å². The van der Waals surface area contributed by atoms with E-state index in [9.17, 15) is 9.59 Å². The summed E-state index contributed by atoms with van der Waals surface area (Å²) in [6.07, 6.45) is 1.34. The number of carboxylic acids is 1. The molecular formula is C13H20N4O3. The Bertz CT molecular complexity index is 534. The van der Waals surface area contributed by atoms with Gasteiger partial charge in [0.1, 0.15) is 6.54 Å². The summed E-state index contributed by atoms with van der Waals surface area (Å²) in [5, 5.41) is 18.7. The van der Waals surface area contributed by atoms with Crippen LogP contribution in [0.3, 0.4) is 0 Å². The molecule has 7 nitrogen and oxygen atoms in total. The number of hydrogen-bond donors (Lipinski definition) is 2. The molecule has 20 heavy (non-hydrogen) atoms. The van der Waals surface area contributed by atoms with Gasteiger partial charge in [-0.2, -0.15) is 0 Å². The number of carbonyl (C=O) groups excluding carboxylic acids is 1. The second-order valence-corrected chi connectivity index (χ2v) is 6.40. The van der Waals surface area contributed by atoms with Gasteiger partial charge >= 0.3 is 5.97 Å². The van der Waals surface area contributed by atoms with Gasteiger partial charge in [-0.1, -0.05) is 32.9 Å². The van der Waals surface area contributed by atoms with E-state index in [0.717, 1.165) is 4.68 Å². The molecule has 0 unspecified atom stereocenters. The molecule has 0 spiro atoms. The van der Waals surface area contributed by atoms with E-state index in [1.54, 1.807) is 0 Å². The standard InChI is InChI=1S/C13H20N4O3/c1-12(2)9(13(12,3)4)5-14-11(20)8-6-17(16-15-8)7-10(18)19/h6,9H,5,7H2,1-4H3,(H,14,20)(H,18,19). The first-order valence-corrected chi connectivity index (χ1v) is 6.56. The maximum Gasteiger partial charge on any atom is 0.325 e. The summed E-state index contributed by atoms with van der Waals surface area (Å²) in [5.41, 5.74) is 0.560. The Hall–Kier alpha value is -1.92. The van der Waals surface area contributed by atoms with Crippen molar-refractivity contribution < 1.29 is 14.7 Å². The van der Waals surface area contributed by atoms with Crippen molar-refractivity contribution in [2.24, 2.45) is 16.7 Å². The summed E-state index contributed by atoms with van der Waals surface area (Å²) < 4.78 is 1.13. The fourth-order valence-corrected chi connectivity index (χ4v) is 2.75. The van der Waals surface area contributed by atoms with Crippen molar-refractivity contribution in [3.63, 3.8) is 0 Å². The summed E-state index contributed by atoms with van der Waals surface area (Å²) in [4.78, 5) is 22.4. The molecule has 2 N–H and O–H groups in total. The maximum absolute atomic E-state index is 11.9. The summed E-state index contributed by atoms with van der Waals surface area (Å²) >= 11 is 0. The summed E-state index contributed by atoms with van der Waals surface area (Å²) in [6, 6.07) is 0. The lowest BCUT2D eigenvalue weighted by Gasteiger charge is -2.04. The SMILES string of the molecule is CC1(C)C(CNC(=O)c2cn(CC(=O)O)nn2)C1(C)C. The predicted molar refractivity (Wildman–Crippen MR) is 71.0 cm³/mol. The molecule has 110 valence electrons. The fourth-order valence-electron chi connectivity index (χ4n) is 2.75. The van der Waals surface area contributed by atoms with Crippen molar-refractivity contribution >= 4 is 11.9 Å². The molecule has 0 aliphatic heterocycles. The van der Waals surface area contributed by atoms with E-state index in [0.29, 0.717) is 12.5 Å². The van der Waals surface area contributed by atoms with Gasteiger partial charge in [-0.05, 0) is 16.7 Å². The number of rotatable bonds is 5. The van der Waals surface area contributed by atoms with Crippen LogP contribution < -0.4 is 5.32 Å². The predicted octanol–water partition coefficient (Wildman–Crippen LogP) is 0.775. The highest BCUT2D eigenvalue weighted by Crippen LogP contribution is 2.67. The van der Waals surface area contributed by atoms with Gasteiger partial charge in [0.2, 0.25) is 0 Å². The second kappa shape index (κ2) is 4.57. The van der Waals surface area contributed by atoms with Crippen molar-refractivity contribution in [1.29, 1.82) is 0 Å². The third-order valence-corrected chi connectivity index (χ3v) is 4.85. The monoisotopic (exact) mass is 280 g/mol. The summed E-state index contributed by atoms with van der Waals surface area (Å²) in [7, 11) is 0. The lowest BCUT2D eigenvalue weighted by molar-refractivity contribution is -0.137. The molecule has 1 amide bonds. The highest BCUT2D eigenvalue weighted by Gasteiger charge is 2.64. The number of aliphatic carboxylic acids is 1. The molecule has 0 saturated heterocycles. The first-order chi connectivity index (χ1) is 9.16. The van der Waals surface area contributed by atoms with Crippen LogP contribution in [0.15, 0.2) is 6.20 Å². The Kier molecular flexibility index (Phi) is 3.31. The highest BCUT2D eigenvalue weighted by molar-refractivity contribution is 5.91. The van der Waals surface area contributed by atoms with Crippen molar-refractivity contribution in [3.8, 4) is 0 Å². The number of nitrogens with zero attached hydrogens (tertiary/aromatic N) is 3. The first-order valence-electron chi connectivity index (χ1n) is 6.56. The first kappa shape index (κ1) is 14.5. The zero-order valence-corrected chi connectivity index (χ0v) is 12.2. The van der Waals surface area contributed by atoms with E-state index in [1.165, 1.54) is 6.20 Å². The molecular weight excluding hydrogens is 260 g/mol. The highest BCUT2D eigenvalue weighted by atomic mass is 16.4. The molecule has 1 saturated carbocycles. The molecule has 0 aromatic carbocycles. The minimum atomic E-state index is -1.02. The number of amides is 1. The van der Waals surface area contributed by atoms with Gasteiger partial charge in [0.15, 0.2) is 5.69 Å². The van der Waals surface area contributed by atoms with Gasteiger partial charge in [-0.15, -0.1) is 5.10 Å². The van der Waals surface area contributed by atoms with Gasteiger partial charge in [0.25, 0.3) is 5.91 Å². The molecule has 1 fully saturated rings. The largest absolute Gasteiger partial charge is 0.480 e.